The number of benzene rings is 3. The number of hydrogen-bond acceptors (Lipinski definition) is 4. The molecule has 0 spiro atoms. The van der Waals surface area contributed by atoms with Crippen LogP contribution in [0.1, 0.15) is 105 Å². The fraction of sp³-hybridized carbons (Fsp3) is 0.588. The molecule has 0 aromatic heterocycles. The van der Waals surface area contributed by atoms with Crippen molar-refractivity contribution in [1.82, 2.24) is 0 Å². The highest BCUT2D eigenvalue weighted by Crippen LogP contribution is 2.50. The van der Waals surface area contributed by atoms with Crippen LogP contribution in [0.15, 0.2) is 36.4 Å². The van der Waals surface area contributed by atoms with E-state index in [1.807, 2.05) is 0 Å². The first-order valence-electron chi connectivity index (χ1n) is 15.3. The summed E-state index contributed by atoms with van der Waals surface area (Å²) in [6, 6.07) is 12.6. The van der Waals surface area contributed by atoms with Gasteiger partial charge in [-0.3, -0.25) is 0 Å². The molecular weight excluding hydrogens is 472 g/mol. The molecule has 0 saturated carbocycles. The number of fused-ring (bicyclic) bond motifs is 2. The van der Waals surface area contributed by atoms with Crippen molar-refractivity contribution in [2.45, 2.75) is 105 Å². The smallest absolute Gasteiger partial charge is 0.139 e. The molecule has 0 N–H and O–H groups in total. The summed E-state index contributed by atoms with van der Waals surface area (Å²) in [4.78, 5) is 0. The highest BCUT2D eigenvalue weighted by molar-refractivity contribution is 6.15. The summed E-state index contributed by atoms with van der Waals surface area (Å²) < 4.78 is 26.1. The summed E-state index contributed by atoms with van der Waals surface area (Å²) in [5.41, 5.74) is 0. The van der Waals surface area contributed by atoms with Gasteiger partial charge in [0, 0.05) is 10.8 Å². The molecule has 3 rings (SSSR count). The van der Waals surface area contributed by atoms with Crippen molar-refractivity contribution in [2.75, 3.05) is 26.4 Å². The maximum atomic E-state index is 6.61. The van der Waals surface area contributed by atoms with Crippen LogP contribution < -0.4 is 18.9 Å². The molecule has 0 aliphatic rings. The van der Waals surface area contributed by atoms with Crippen molar-refractivity contribution >= 4 is 21.5 Å². The van der Waals surface area contributed by atoms with Gasteiger partial charge < -0.3 is 18.9 Å². The monoisotopic (exact) mass is 522 g/mol. The zero-order chi connectivity index (χ0) is 27.0. The van der Waals surface area contributed by atoms with Gasteiger partial charge >= 0.3 is 0 Å². The van der Waals surface area contributed by atoms with Gasteiger partial charge in [0.05, 0.1) is 37.2 Å². The standard InChI is InChI=1S/C34H50O4/c1-5-9-15-23-35-29-21-22-30(36-24-16-10-6-2)32-31(29)33(37-25-17-11-7-3)27-19-13-14-20-28(27)34(32)38-26-18-12-8-4/h13-14,19-22H,5-12,15-18,23-26H2,1-4H3. The van der Waals surface area contributed by atoms with E-state index in [4.69, 9.17) is 18.9 Å². The van der Waals surface area contributed by atoms with Crippen LogP contribution in [-0.2, 0) is 0 Å². The highest BCUT2D eigenvalue weighted by Gasteiger charge is 2.23. The average molecular weight is 523 g/mol. The van der Waals surface area contributed by atoms with Gasteiger partial charge in [0.1, 0.15) is 23.0 Å². The minimum absolute atomic E-state index is 0.681. The van der Waals surface area contributed by atoms with E-state index in [0.717, 1.165) is 109 Å². The topological polar surface area (TPSA) is 36.9 Å². The molecule has 0 aliphatic carbocycles. The highest BCUT2D eigenvalue weighted by atomic mass is 16.5. The molecule has 0 atom stereocenters. The average Bonchev–Trinajstić information content (AvgIpc) is 2.94. The Hall–Kier alpha value is -2.62. The first kappa shape index (κ1) is 29.9. The predicted molar refractivity (Wildman–Crippen MR) is 162 cm³/mol. The van der Waals surface area contributed by atoms with Gasteiger partial charge in [0.2, 0.25) is 0 Å². The number of hydrogen-bond donors (Lipinski definition) is 0. The Labute approximate surface area is 231 Å². The predicted octanol–water partition coefficient (Wildman–Crippen LogP) is 10.3. The minimum atomic E-state index is 0.681. The van der Waals surface area contributed by atoms with Crippen molar-refractivity contribution in [1.29, 1.82) is 0 Å². The minimum Gasteiger partial charge on any atom is -0.493 e. The van der Waals surface area contributed by atoms with Gasteiger partial charge in [-0.2, -0.15) is 0 Å². The molecule has 38 heavy (non-hydrogen) atoms. The van der Waals surface area contributed by atoms with Crippen LogP contribution in [-0.4, -0.2) is 26.4 Å². The van der Waals surface area contributed by atoms with E-state index >= 15 is 0 Å². The van der Waals surface area contributed by atoms with E-state index in [-0.39, 0.29) is 0 Å². The Balaban J connectivity index is 2.19. The van der Waals surface area contributed by atoms with Gasteiger partial charge in [-0.15, -0.1) is 0 Å². The van der Waals surface area contributed by atoms with Crippen LogP contribution in [0.5, 0.6) is 23.0 Å². The molecule has 0 unspecified atom stereocenters. The van der Waals surface area contributed by atoms with Crippen molar-refractivity contribution in [2.24, 2.45) is 0 Å². The van der Waals surface area contributed by atoms with Crippen molar-refractivity contribution in [3.8, 4) is 23.0 Å². The lowest BCUT2D eigenvalue weighted by Crippen LogP contribution is -2.06. The molecule has 0 heterocycles. The van der Waals surface area contributed by atoms with E-state index < -0.39 is 0 Å². The third kappa shape index (κ3) is 8.19. The maximum Gasteiger partial charge on any atom is 0.139 e. The zero-order valence-electron chi connectivity index (χ0n) is 24.4. The number of ether oxygens (including phenoxy) is 4. The lowest BCUT2D eigenvalue weighted by molar-refractivity contribution is 0.292. The van der Waals surface area contributed by atoms with Crippen LogP contribution in [0.4, 0.5) is 0 Å². The first-order valence-corrected chi connectivity index (χ1v) is 15.3. The van der Waals surface area contributed by atoms with E-state index in [9.17, 15) is 0 Å². The Bertz CT molecular complexity index is 1000. The van der Waals surface area contributed by atoms with Gasteiger partial charge in [-0.25, -0.2) is 0 Å². The molecule has 0 fully saturated rings. The van der Waals surface area contributed by atoms with E-state index in [2.05, 4.69) is 64.1 Å². The Morgan fingerprint density at radius 3 is 1.11 bits per heavy atom. The molecule has 0 radical (unpaired) electrons. The third-order valence-corrected chi connectivity index (χ3v) is 7.00. The molecular formula is C34H50O4. The molecule has 210 valence electrons. The van der Waals surface area contributed by atoms with Gasteiger partial charge in [-0.05, 0) is 37.8 Å². The van der Waals surface area contributed by atoms with Crippen LogP contribution in [0.3, 0.4) is 0 Å². The van der Waals surface area contributed by atoms with Gasteiger partial charge in [0.15, 0.2) is 0 Å². The van der Waals surface area contributed by atoms with Crippen molar-refractivity contribution in [3.05, 3.63) is 36.4 Å². The molecule has 0 saturated heterocycles. The molecule has 0 amide bonds. The SMILES string of the molecule is CCCCCOc1ccc(OCCCCC)c2c(OCCCCC)c3ccccc3c(OCCCCC)c12. The summed E-state index contributed by atoms with van der Waals surface area (Å²) >= 11 is 0. The Morgan fingerprint density at radius 1 is 0.421 bits per heavy atom. The van der Waals surface area contributed by atoms with Crippen LogP contribution in [0.25, 0.3) is 21.5 Å². The van der Waals surface area contributed by atoms with Gasteiger partial charge in [0.25, 0.3) is 0 Å². The van der Waals surface area contributed by atoms with Crippen molar-refractivity contribution in [3.63, 3.8) is 0 Å². The van der Waals surface area contributed by atoms with Crippen LogP contribution >= 0.6 is 0 Å². The fourth-order valence-electron chi connectivity index (χ4n) is 4.83. The third-order valence-electron chi connectivity index (χ3n) is 7.00. The first-order chi connectivity index (χ1) is 18.8. The second kappa shape index (κ2) is 17.1. The second-order valence-corrected chi connectivity index (χ2v) is 10.2. The van der Waals surface area contributed by atoms with Crippen molar-refractivity contribution < 1.29 is 18.9 Å². The molecule has 0 bridgehead atoms. The Morgan fingerprint density at radius 2 is 0.763 bits per heavy atom. The number of unbranched alkanes of at least 4 members (excludes halogenated alkanes) is 8. The summed E-state index contributed by atoms with van der Waals surface area (Å²) in [7, 11) is 0. The normalized spacial score (nSPS) is 11.3. The summed E-state index contributed by atoms with van der Waals surface area (Å²) in [6.45, 7) is 11.6. The zero-order valence-corrected chi connectivity index (χ0v) is 24.4. The lowest BCUT2D eigenvalue weighted by Gasteiger charge is -2.22. The molecule has 0 aliphatic heterocycles. The summed E-state index contributed by atoms with van der Waals surface area (Å²) in [5, 5.41) is 4.11. The molecule has 4 nitrogen and oxygen atoms in total. The van der Waals surface area contributed by atoms with Gasteiger partial charge in [-0.1, -0.05) is 103 Å². The molecule has 3 aromatic carbocycles. The van der Waals surface area contributed by atoms with Crippen LogP contribution in [0.2, 0.25) is 0 Å². The van der Waals surface area contributed by atoms with E-state index in [0.29, 0.717) is 26.4 Å². The summed E-state index contributed by atoms with van der Waals surface area (Å²) in [6.07, 6.45) is 13.4. The fourth-order valence-corrected chi connectivity index (χ4v) is 4.83. The second-order valence-electron chi connectivity index (χ2n) is 10.2. The number of rotatable bonds is 20. The lowest BCUT2D eigenvalue weighted by atomic mass is 9.98. The van der Waals surface area contributed by atoms with Crippen LogP contribution in [0, 0.1) is 0 Å². The largest absolute Gasteiger partial charge is 0.493 e. The maximum absolute atomic E-state index is 6.61. The Kier molecular flexibility index (Phi) is 13.4. The van der Waals surface area contributed by atoms with E-state index in [1.165, 1.54) is 12.8 Å². The molecule has 3 aromatic rings. The molecule has 4 heteroatoms. The summed E-state index contributed by atoms with van der Waals surface area (Å²) in [5.74, 6) is 3.48. The quantitative estimate of drug-likeness (QED) is 0.109. The van der Waals surface area contributed by atoms with E-state index in [1.54, 1.807) is 0 Å².